The molecule has 31 nitrogen and oxygen atoms in total. The molecule has 9 heterocycles. The lowest BCUT2D eigenvalue weighted by Gasteiger charge is -2.25. The number of phosphoric acid groups is 2. The van der Waals surface area contributed by atoms with E-state index in [4.69, 9.17) is 49.5 Å². The quantitative estimate of drug-likeness (QED) is 0.0446. The Balaban J connectivity index is 0.935. The molecule has 2 unspecified atom stereocenters. The summed E-state index contributed by atoms with van der Waals surface area (Å²) in [6.45, 7) is -2.62. The van der Waals surface area contributed by atoms with Gasteiger partial charge >= 0.3 is 15.6 Å². The number of ether oxygens (including phenoxy) is 3. The Kier molecular flexibility index (Phi) is 13.0. The van der Waals surface area contributed by atoms with Crippen LogP contribution < -0.4 is 17.2 Å². The van der Waals surface area contributed by atoms with Crippen molar-refractivity contribution in [2.45, 2.75) is 73.6 Å². The lowest BCUT2D eigenvalue weighted by atomic mass is 10.1. The highest BCUT2D eigenvalue weighted by molar-refractivity contribution is 9.10. The predicted molar refractivity (Wildman–Crippen MR) is 226 cm³/mol. The maximum absolute atomic E-state index is 13.7. The fourth-order valence-corrected chi connectivity index (χ4v) is 11.0. The number of nitrogen functional groups attached to an aromatic ring is 3. The standard InChI is InChI=1S/C30H34Br3N15O16P2/c31-28-43-10-19(34)37-4-40-22(10)46(28)25-16(53)13(50)8(61-25)2-58-65(54,55)64-18-15(52)9(62-27(18)48-24-12(45-30(48)33)21(36)39-6-42-24)3-59-66(56,57)63-17-14(51)7(1-49)60-26(17)47-23-11(44-29(47)32)20(35)38-5-41-23/h4-9,13-18,25-27,49-53H,1-3H2,(H,54,55)(H,56,57)(H2,34,37,40)(H2,35,38,41)(H2,36,39,42)/t7-,8-,9-,13-,14-,15-,16-,17-,18-,25-,26-,27-/m1/s1. The minimum atomic E-state index is -5.35. The van der Waals surface area contributed by atoms with Crippen molar-refractivity contribution in [3.63, 3.8) is 0 Å². The SMILES string of the molecule is Nc1ncnc2c1nc(Br)n2[C@@H]1O[C@H](COP(=O)(O)O[C@@H]2[C@H](O)[C@@H](COP(=O)(O)O[C@@H]3[C@H](O)[C@@H](CO)O[C@H]3n3c(Br)nc4c(N)ncnc43)O[C@H]2n2c(Br)nc3c(N)ncnc32)[C@@H](O)[C@H]1O. The molecule has 13 N–H and O–H groups in total. The number of nitrogens with zero attached hydrogens (tertiary/aromatic N) is 12. The van der Waals surface area contributed by atoms with Crippen LogP contribution in [0.1, 0.15) is 18.7 Å². The summed E-state index contributed by atoms with van der Waals surface area (Å²) in [4.78, 5) is 58.9. The Morgan fingerprint density at radius 1 is 0.561 bits per heavy atom. The second-order valence-corrected chi connectivity index (χ2v) is 19.5. The lowest BCUT2D eigenvalue weighted by Crippen LogP contribution is -2.37. The third-order valence-corrected chi connectivity index (χ3v) is 14.3. The van der Waals surface area contributed by atoms with Crippen molar-refractivity contribution in [3.8, 4) is 0 Å². The number of halogens is 3. The molecule has 3 aliphatic heterocycles. The lowest BCUT2D eigenvalue weighted by molar-refractivity contribution is -0.0654. The van der Waals surface area contributed by atoms with Crippen molar-refractivity contribution >= 4 is 114 Å². The van der Waals surface area contributed by atoms with Gasteiger partial charge in [0.1, 0.15) is 73.9 Å². The van der Waals surface area contributed by atoms with Crippen molar-refractivity contribution < 1.29 is 76.8 Å². The van der Waals surface area contributed by atoms with Gasteiger partial charge in [0.25, 0.3) is 0 Å². The van der Waals surface area contributed by atoms with Gasteiger partial charge in [-0.2, -0.15) is 0 Å². The Morgan fingerprint density at radius 2 is 0.909 bits per heavy atom. The van der Waals surface area contributed by atoms with Crippen LogP contribution in [0.15, 0.2) is 33.2 Å². The highest BCUT2D eigenvalue weighted by atomic mass is 79.9. The summed E-state index contributed by atoms with van der Waals surface area (Å²) in [7, 11) is -10.7. The van der Waals surface area contributed by atoms with E-state index in [2.05, 4.69) is 92.6 Å². The number of hydrogen-bond donors (Lipinski definition) is 10. The minimum Gasteiger partial charge on any atom is -0.394 e. The molecule has 3 saturated heterocycles. The highest BCUT2D eigenvalue weighted by Gasteiger charge is 2.54. The molecule has 36 heteroatoms. The van der Waals surface area contributed by atoms with Gasteiger partial charge in [0.15, 0.2) is 83.8 Å². The Bertz CT molecular complexity index is 2920. The first-order valence-corrected chi connectivity index (χ1v) is 24.2. The van der Waals surface area contributed by atoms with Gasteiger partial charge in [0.05, 0.1) is 19.8 Å². The maximum atomic E-state index is 13.7. The van der Waals surface area contributed by atoms with Crippen LogP contribution in [0.2, 0.25) is 0 Å². The average Bonchev–Trinajstić information content (AvgIpc) is 4.09. The summed E-state index contributed by atoms with van der Waals surface area (Å²) >= 11 is 9.75. The summed E-state index contributed by atoms with van der Waals surface area (Å²) < 4.78 is 70.2. The second-order valence-electron chi connectivity index (χ2n) is 14.6. The van der Waals surface area contributed by atoms with Gasteiger partial charge < -0.3 is 66.7 Å². The number of aliphatic hydroxyl groups is 5. The molecule has 6 aromatic rings. The molecule has 66 heavy (non-hydrogen) atoms. The predicted octanol–water partition coefficient (Wildman–Crippen LogP) is -1.33. The van der Waals surface area contributed by atoms with Gasteiger partial charge in [0, 0.05) is 0 Å². The number of aliphatic hydroxyl groups excluding tert-OH is 5. The van der Waals surface area contributed by atoms with E-state index in [9.17, 15) is 44.4 Å². The molecule has 14 atom stereocenters. The number of imidazole rings is 3. The summed E-state index contributed by atoms with van der Waals surface area (Å²) in [5, 5.41) is 54.5. The number of fused-ring (bicyclic) bond motifs is 3. The molecule has 3 aliphatic rings. The maximum Gasteiger partial charge on any atom is 0.472 e. The zero-order valence-corrected chi connectivity index (χ0v) is 39.3. The summed E-state index contributed by atoms with van der Waals surface area (Å²) in [6.07, 6.45) is -16.4. The third-order valence-electron chi connectivity index (χ3n) is 10.6. The zero-order valence-electron chi connectivity index (χ0n) is 32.7. The fraction of sp³-hybridized carbons (Fsp3) is 0.500. The van der Waals surface area contributed by atoms with Gasteiger partial charge in [-0.05, 0) is 47.8 Å². The molecule has 0 spiro atoms. The van der Waals surface area contributed by atoms with Crippen molar-refractivity contribution in [1.29, 1.82) is 0 Å². The van der Waals surface area contributed by atoms with Crippen LogP contribution in [0.4, 0.5) is 17.5 Å². The normalized spacial score (nSPS) is 31.1. The van der Waals surface area contributed by atoms with Crippen LogP contribution >= 0.6 is 63.4 Å². The van der Waals surface area contributed by atoms with E-state index >= 15 is 0 Å². The number of anilines is 3. The smallest absolute Gasteiger partial charge is 0.394 e. The number of aromatic nitrogens is 12. The second kappa shape index (κ2) is 18.0. The minimum absolute atomic E-state index is 0.0160. The van der Waals surface area contributed by atoms with Crippen molar-refractivity contribution in [1.82, 2.24) is 58.6 Å². The molecule has 0 saturated carbocycles. The van der Waals surface area contributed by atoms with Crippen molar-refractivity contribution in [2.75, 3.05) is 37.0 Å². The number of rotatable bonds is 14. The topological polar surface area (TPSA) is 449 Å². The molecule has 9 rings (SSSR count). The van der Waals surface area contributed by atoms with E-state index in [1.165, 1.54) is 13.7 Å². The van der Waals surface area contributed by atoms with E-state index < -0.39 is 109 Å². The highest BCUT2D eigenvalue weighted by Crippen LogP contribution is 2.53. The van der Waals surface area contributed by atoms with Crippen LogP contribution in [0.5, 0.6) is 0 Å². The average molecular weight is 1160 g/mol. The first kappa shape index (κ1) is 47.5. The van der Waals surface area contributed by atoms with Gasteiger partial charge in [-0.25, -0.2) is 54.0 Å². The van der Waals surface area contributed by atoms with E-state index in [-0.39, 0.29) is 65.1 Å². The van der Waals surface area contributed by atoms with Crippen LogP contribution in [-0.2, 0) is 41.4 Å². The molecule has 0 bridgehead atoms. The van der Waals surface area contributed by atoms with Gasteiger partial charge in [-0.1, -0.05) is 0 Å². The molecule has 3 fully saturated rings. The molecular weight excluding hydrogens is 1130 g/mol. The van der Waals surface area contributed by atoms with E-state index in [1.54, 1.807) is 0 Å². The van der Waals surface area contributed by atoms with Crippen LogP contribution in [-0.4, -0.2) is 169 Å². The van der Waals surface area contributed by atoms with Crippen LogP contribution in [0.3, 0.4) is 0 Å². The molecular formula is C30H34Br3N15O16P2. The molecule has 0 aromatic carbocycles. The zero-order chi connectivity index (χ0) is 47.1. The fourth-order valence-electron chi connectivity index (χ4n) is 7.53. The van der Waals surface area contributed by atoms with Crippen molar-refractivity contribution in [2.24, 2.45) is 0 Å². The largest absolute Gasteiger partial charge is 0.472 e. The van der Waals surface area contributed by atoms with E-state index in [1.807, 2.05) is 0 Å². The van der Waals surface area contributed by atoms with Gasteiger partial charge in [-0.15, -0.1) is 0 Å². The third kappa shape index (κ3) is 8.49. The van der Waals surface area contributed by atoms with Gasteiger partial charge in [-0.3, -0.25) is 31.8 Å². The first-order chi connectivity index (χ1) is 31.3. The first-order valence-electron chi connectivity index (χ1n) is 18.8. The summed E-state index contributed by atoms with van der Waals surface area (Å²) in [5.41, 5.74) is 18.3. The van der Waals surface area contributed by atoms with Crippen LogP contribution in [0, 0.1) is 0 Å². The number of phosphoric ester groups is 2. The molecule has 6 aromatic heterocycles. The van der Waals surface area contributed by atoms with Gasteiger partial charge in [0.2, 0.25) is 0 Å². The van der Waals surface area contributed by atoms with E-state index in [0.717, 1.165) is 19.0 Å². The Labute approximate surface area is 391 Å². The Morgan fingerprint density at radius 3 is 1.32 bits per heavy atom. The Hall–Kier alpha value is -3.61. The molecule has 0 radical (unpaired) electrons. The molecule has 0 aliphatic carbocycles. The monoisotopic (exact) mass is 1160 g/mol. The number of nitrogens with two attached hydrogens (primary N) is 3. The van der Waals surface area contributed by atoms with Crippen LogP contribution in [0.25, 0.3) is 33.5 Å². The number of hydrogen-bond acceptors (Lipinski definition) is 26. The van der Waals surface area contributed by atoms with Crippen molar-refractivity contribution in [3.05, 3.63) is 33.2 Å². The summed E-state index contributed by atoms with van der Waals surface area (Å²) in [6, 6.07) is 0. The molecule has 0 amide bonds. The van der Waals surface area contributed by atoms with E-state index in [0.29, 0.717) is 0 Å². The summed E-state index contributed by atoms with van der Waals surface area (Å²) in [5.74, 6) is -0.0934. The molecule has 356 valence electrons.